The van der Waals surface area contributed by atoms with E-state index in [1.807, 2.05) is 19.9 Å². The van der Waals surface area contributed by atoms with E-state index in [0.29, 0.717) is 5.69 Å². The van der Waals surface area contributed by atoms with Crippen molar-refractivity contribution in [3.8, 4) is 0 Å². The second kappa shape index (κ2) is 3.93. The third-order valence-electron chi connectivity index (χ3n) is 1.21. The van der Waals surface area contributed by atoms with E-state index in [9.17, 15) is 4.79 Å². The van der Waals surface area contributed by atoms with E-state index in [4.69, 9.17) is 4.74 Å². The molecule has 1 N–H and O–H groups in total. The van der Waals surface area contributed by atoms with Gasteiger partial charge in [0.2, 0.25) is 0 Å². The Morgan fingerprint density at radius 2 is 2.25 bits per heavy atom. The number of carbonyl (C=O) groups excluding carboxylic acids is 1. The maximum absolute atomic E-state index is 11.2. The van der Waals surface area contributed by atoms with E-state index < -0.39 is 0 Å². The smallest absolute Gasteiger partial charge is 0.355 e. The number of hydrogen-bond acceptors (Lipinski definition) is 2. The number of nitrogens with one attached hydrogen (secondary N) is 1. The molecule has 0 fully saturated rings. The van der Waals surface area contributed by atoms with Gasteiger partial charge in [-0.2, -0.15) is 0 Å². The lowest BCUT2D eigenvalue weighted by atomic mass is 10.4. The van der Waals surface area contributed by atoms with E-state index in [2.05, 4.69) is 27.6 Å². The molecule has 0 radical (unpaired) electrons. The molecule has 0 saturated heterocycles. The van der Waals surface area contributed by atoms with Crippen LogP contribution in [-0.2, 0) is 4.74 Å². The van der Waals surface area contributed by atoms with Crippen LogP contribution >= 0.6 is 22.6 Å². The van der Waals surface area contributed by atoms with Crippen LogP contribution < -0.4 is 0 Å². The van der Waals surface area contributed by atoms with Crippen LogP contribution in [0.15, 0.2) is 12.1 Å². The van der Waals surface area contributed by atoms with Crippen LogP contribution in [-0.4, -0.2) is 17.1 Å². The summed E-state index contributed by atoms with van der Waals surface area (Å²) in [5, 5.41) is 0. The van der Waals surface area contributed by atoms with Gasteiger partial charge in [-0.05, 0) is 48.6 Å². The zero-order valence-electron chi connectivity index (χ0n) is 6.93. The predicted octanol–water partition coefficient (Wildman–Crippen LogP) is 2.18. The minimum Gasteiger partial charge on any atom is -0.458 e. The topological polar surface area (TPSA) is 42.1 Å². The number of aromatic amines is 1. The summed E-state index contributed by atoms with van der Waals surface area (Å²) in [5.41, 5.74) is 0.508. The summed E-state index contributed by atoms with van der Waals surface area (Å²) in [6, 6.07) is 3.55. The molecule has 12 heavy (non-hydrogen) atoms. The molecule has 0 aliphatic rings. The fourth-order valence-corrected chi connectivity index (χ4v) is 1.24. The highest BCUT2D eigenvalue weighted by Gasteiger charge is 2.09. The van der Waals surface area contributed by atoms with Crippen LogP contribution in [0.3, 0.4) is 0 Å². The van der Waals surface area contributed by atoms with Gasteiger partial charge < -0.3 is 9.72 Å². The highest BCUT2D eigenvalue weighted by molar-refractivity contribution is 14.1. The van der Waals surface area contributed by atoms with Crippen molar-refractivity contribution in [3.63, 3.8) is 0 Å². The third-order valence-corrected chi connectivity index (χ3v) is 1.84. The van der Waals surface area contributed by atoms with Crippen molar-refractivity contribution in [1.82, 2.24) is 4.98 Å². The number of H-pyrrole nitrogens is 1. The van der Waals surface area contributed by atoms with Crippen LogP contribution in [0.1, 0.15) is 24.3 Å². The number of rotatable bonds is 2. The molecular weight excluding hydrogens is 269 g/mol. The Labute approximate surface area is 84.6 Å². The average molecular weight is 279 g/mol. The van der Waals surface area contributed by atoms with Crippen LogP contribution in [0.2, 0.25) is 0 Å². The highest BCUT2D eigenvalue weighted by Crippen LogP contribution is 2.06. The molecule has 0 atom stereocenters. The first-order chi connectivity index (χ1) is 5.59. The number of aromatic nitrogens is 1. The minimum atomic E-state index is -0.298. The Morgan fingerprint density at radius 1 is 1.58 bits per heavy atom. The molecule has 1 heterocycles. The van der Waals surface area contributed by atoms with Gasteiger partial charge >= 0.3 is 5.97 Å². The lowest BCUT2D eigenvalue weighted by Crippen LogP contribution is -2.11. The van der Waals surface area contributed by atoms with E-state index >= 15 is 0 Å². The van der Waals surface area contributed by atoms with Gasteiger partial charge in [0.05, 0.1) is 9.80 Å². The molecule has 0 aromatic carbocycles. The van der Waals surface area contributed by atoms with E-state index in [0.717, 1.165) is 3.70 Å². The Hall–Kier alpha value is -0.520. The van der Waals surface area contributed by atoms with Gasteiger partial charge in [-0.25, -0.2) is 4.79 Å². The van der Waals surface area contributed by atoms with Gasteiger partial charge in [0.1, 0.15) is 5.69 Å². The first-order valence-electron chi connectivity index (χ1n) is 3.65. The Bertz CT molecular complexity index is 280. The van der Waals surface area contributed by atoms with Crippen molar-refractivity contribution in [3.05, 3.63) is 21.5 Å². The largest absolute Gasteiger partial charge is 0.458 e. The van der Waals surface area contributed by atoms with Crippen LogP contribution in [0.4, 0.5) is 0 Å². The van der Waals surface area contributed by atoms with Crippen molar-refractivity contribution < 1.29 is 9.53 Å². The Morgan fingerprint density at radius 3 is 2.67 bits per heavy atom. The zero-order valence-corrected chi connectivity index (χ0v) is 9.08. The first kappa shape index (κ1) is 9.57. The van der Waals surface area contributed by atoms with Gasteiger partial charge in [0.15, 0.2) is 0 Å². The van der Waals surface area contributed by atoms with Crippen LogP contribution in [0, 0.1) is 3.70 Å². The van der Waals surface area contributed by atoms with Gasteiger partial charge in [0, 0.05) is 0 Å². The maximum Gasteiger partial charge on any atom is 0.355 e. The quantitative estimate of drug-likeness (QED) is 0.666. The molecule has 66 valence electrons. The van der Waals surface area contributed by atoms with Gasteiger partial charge in [0.25, 0.3) is 0 Å². The molecule has 1 rings (SSSR count). The summed E-state index contributed by atoms with van der Waals surface area (Å²) in [7, 11) is 0. The molecule has 1 aromatic heterocycles. The third kappa shape index (κ3) is 2.51. The first-order valence-corrected chi connectivity index (χ1v) is 4.73. The molecule has 0 bridgehead atoms. The lowest BCUT2D eigenvalue weighted by Gasteiger charge is -2.05. The number of carbonyl (C=O) groups is 1. The van der Waals surface area contributed by atoms with Gasteiger partial charge in [-0.1, -0.05) is 0 Å². The zero-order chi connectivity index (χ0) is 9.14. The number of hydrogen-bond donors (Lipinski definition) is 1. The van der Waals surface area contributed by atoms with Crippen LogP contribution in [0.5, 0.6) is 0 Å². The second-order valence-electron chi connectivity index (χ2n) is 2.67. The van der Waals surface area contributed by atoms with E-state index in [1.54, 1.807) is 6.07 Å². The number of ether oxygens (including phenoxy) is 1. The van der Waals surface area contributed by atoms with Crippen molar-refractivity contribution in [2.24, 2.45) is 0 Å². The molecule has 0 saturated carbocycles. The summed E-state index contributed by atoms with van der Waals surface area (Å²) in [5.74, 6) is -0.298. The Kier molecular flexibility index (Phi) is 3.13. The fourth-order valence-electron chi connectivity index (χ4n) is 0.765. The van der Waals surface area contributed by atoms with Crippen molar-refractivity contribution in [1.29, 1.82) is 0 Å². The average Bonchev–Trinajstić information content (AvgIpc) is 2.34. The molecule has 1 aromatic rings. The van der Waals surface area contributed by atoms with Crippen molar-refractivity contribution >= 4 is 28.6 Å². The predicted molar refractivity (Wildman–Crippen MR) is 54.1 cm³/mol. The summed E-state index contributed by atoms with van der Waals surface area (Å²) < 4.78 is 5.91. The minimum absolute atomic E-state index is 0.0709. The van der Waals surface area contributed by atoms with Gasteiger partial charge in [-0.3, -0.25) is 0 Å². The summed E-state index contributed by atoms with van der Waals surface area (Å²) in [6.07, 6.45) is -0.0709. The maximum atomic E-state index is 11.2. The molecule has 0 aliphatic carbocycles. The monoisotopic (exact) mass is 279 g/mol. The van der Waals surface area contributed by atoms with E-state index in [1.165, 1.54) is 0 Å². The number of halogens is 1. The molecule has 3 nitrogen and oxygen atoms in total. The molecule has 0 aliphatic heterocycles. The normalized spacial score (nSPS) is 10.3. The molecule has 0 amide bonds. The summed E-state index contributed by atoms with van der Waals surface area (Å²) >= 11 is 2.10. The fraction of sp³-hybridized carbons (Fsp3) is 0.375. The van der Waals surface area contributed by atoms with E-state index in [-0.39, 0.29) is 12.1 Å². The second-order valence-corrected chi connectivity index (χ2v) is 3.84. The summed E-state index contributed by atoms with van der Waals surface area (Å²) in [4.78, 5) is 14.1. The highest BCUT2D eigenvalue weighted by atomic mass is 127. The lowest BCUT2D eigenvalue weighted by molar-refractivity contribution is 0.0371. The SMILES string of the molecule is CC(C)OC(=O)c1ccc(I)[nH]1. The molecule has 0 unspecified atom stereocenters. The summed E-state index contributed by atoms with van der Waals surface area (Å²) in [6.45, 7) is 3.65. The molecule has 4 heteroatoms. The van der Waals surface area contributed by atoms with Gasteiger partial charge in [-0.15, -0.1) is 0 Å². The van der Waals surface area contributed by atoms with Crippen molar-refractivity contribution in [2.45, 2.75) is 20.0 Å². The standard InChI is InChI=1S/C8H10INO2/c1-5(2)12-8(11)6-3-4-7(9)10-6/h3-5,10H,1-2H3. The molecule has 0 spiro atoms. The van der Waals surface area contributed by atoms with Crippen LogP contribution in [0.25, 0.3) is 0 Å². The molecular formula is C8H10INO2. The number of esters is 1. The Balaban J connectivity index is 2.65. The van der Waals surface area contributed by atoms with Crippen molar-refractivity contribution in [2.75, 3.05) is 0 Å².